The van der Waals surface area contributed by atoms with Crippen molar-refractivity contribution < 1.29 is 23.8 Å². The molecular formula is C13H17NO5. The minimum Gasteiger partial charge on any atom is -0.497 e. The summed E-state index contributed by atoms with van der Waals surface area (Å²) in [5, 5.41) is 2.46. The van der Waals surface area contributed by atoms with Crippen LogP contribution in [0.25, 0.3) is 0 Å². The number of carbonyl (C=O) groups excluding carboxylic acids is 2. The van der Waals surface area contributed by atoms with Crippen LogP contribution in [0, 0.1) is 0 Å². The first-order valence-electron chi connectivity index (χ1n) is 5.69. The molecule has 0 heterocycles. The number of methoxy groups -OCH3 is 3. The summed E-state index contributed by atoms with van der Waals surface area (Å²) in [5.74, 6) is -0.289. The summed E-state index contributed by atoms with van der Waals surface area (Å²) >= 11 is 0. The van der Waals surface area contributed by atoms with Crippen molar-refractivity contribution >= 4 is 11.9 Å². The Hall–Kier alpha value is -2.24. The first kappa shape index (κ1) is 14.8. The summed E-state index contributed by atoms with van der Waals surface area (Å²) in [6, 6.07) is 5.42. The van der Waals surface area contributed by atoms with E-state index in [0.29, 0.717) is 24.5 Å². The summed E-state index contributed by atoms with van der Waals surface area (Å²) in [4.78, 5) is 22.1. The number of amides is 1. The van der Waals surface area contributed by atoms with Crippen molar-refractivity contribution in [2.75, 3.05) is 27.9 Å². The van der Waals surface area contributed by atoms with E-state index in [1.54, 1.807) is 26.4 Å². The van der Waals surface area contributed by atoms with Gasteiger partial charge in [-0.25, -0.2) is 4.79 Å². The van der Waals surface area contributed by atoms with Gasteiger partial charge in [-0.1, -0.05) is 6.07 Å². The normalized spacial score (nSPS) is 9.63. The van der Waals surface area contributed by atoms with Crippen LogP contribution >= 0.6 is 0 Å². The lowest BCUT2D eigenvalue weighted by atomic mass is 10.1. The maximum absolute atomic E-state index is 11.2. The highest BCUT2D eigenvalue weighted by molar-refractivity contribution is 6.32. The van der Waals surface area contributed by atoms with Gasteiger partial charge in [-0.3, -0.25) is 4.79 Å². The second-order valence-electron chi connectivity index (χ2n) is 3.68. The quantitative estimate of drug-likeness (QED) is 0.622. The van der Waals surface area contributed by atoms with E-state index in [1.807, 2.05) is 6.07 Å². The van der Waals surface area contributed by atoms with Crippen molar-refractivity contribution in [3.8, 4) is 11.5 Å². The van der Waals surface area contributed by atoms with Crippen LogP contribution in [0.1, 0.15) is 5.56 Å². The van der Waals surface area contributed by atoms with Gasteiger partial charge < -0.3 is 19.5 Å². The SMILES string of the molecule is COC(=O)C(=O)NCCc1ccc(OC)cc1OC. The summed E-state index contributed by atoms with van der Waals surface area (Å²) in [7, 11) is 4.30. The van der Waals surface area contributed by atoms with Crippen LogP contribution in [0.5, 0.6) is 11.5 Å². The predicted octanol–water partition coefficient (Wildman–Crippen LogP) is 0.535. The molecule has 1 aromatic rings. The number of rotatable bonds is 5. The molecule has 6 heteroatoms. The summed E-state index contributed by atoms with van der Waals surface area (Å²) < 4.78 is 14.6. The summed E-state index contributed by atoms with van der Waals surface area (Å²) in [6.07, 6.45) is 0.538. The Balaban J connectivity index is 2.58. The van der Waals surface area contributed by atoms with E-state index in [1.165, 1.54) is 0 Å². The third-order valence-electron chi connectivity index (χ3n) is 2.54. The van der Waals surface area contributed by atoms with Gasteiger partial charge in [0.1, 0.15) is 11.5 Å². The lowest BCUT2D eigenvalue weighted by molar-refractivity contribution is -0.152. The predicted molar refractivity (Wildman–Crippen MR) is 68.3 cm³/mol. The molecule has 0 spiro atoms. The number of benzene rings is 1. The Morgan fingerprint density at radius 1 is 1.16 bits per heavy atom. The van der Waals surface area contributed by atoms with Crippen LogP contribution < -0.4 is 14.8 Å². The third-order valence-corrected chi connectivity index (χ3v) is 2.54. The number of ether oxygens (including phenoxy) is 3. The van der Waals surface area contributed by atoms with Gasteiger partial charge in [-0.2, -0.15) is 0 Å². The van der Waals surface area contributed by atoms with Crippen LogP contribution in [0.2, 0.25) is 0 Å². The zero-order valence-electron chi connectivity index (χ0n) is 11.2. The molecule has 0 aromatic heterocycles. The molecule has 0 unspecified atom stereocenters. The van der Waals surface area contributed by atoms with Gasteiger partial charge in [0.25, 0.3) is 0 Å². The lowest BCUT2D eigenvalue weighted by Gasteiger charge is -2.10. The number of hydrogen-bond donors (Lipinski definition) is 1. The molecule has 1 N–H and O–H groups in total. The Morgan fingerprint density at radius 2 is 1.89 bits per heavy atom. The molecule has 0 radical (unpaired) electrons. The van der Waals surface area contributed by atoms with E-state index in [-0.39, 0.29) is 0 Å². The van der Waals surface area contributed by atoms with Crippen molar-refractivity contribution in [3.63, 3.8) is 0 Å². The highest BCUT2D eigenvalue weighted by atomic mass is 16.5. The van der Waals surface area contributed by atoms with Crippen molar-refractivity contribution in [2.24, 2.45) is 0 Å². The van der Waals surface area contributed by atoms with E-state index in [4.69, 9.17) is 9.47 Å². The Kier molecular flexibility index (Phi) is 5.66. The van der Waals surface area contributed by atoms with E-state index in [0.717, 1.165) is 12.7 Å². The molecule has 104 valence electrons. The van der Waals surface area contributed by atoms with Crippen LogP contribution in [-0.2, 0) is 20.7 Å². The van der Waals surface area contributed by atoms with Gasteiger partial charge >= 0.3 is 11.9 Å². The second kappa shape index (κ2) is 7.25. The maximum Gasteiger partial charge on any atom is 0.396 e. The van der Waals surface area contributed by atoms with Crippen LogP contribution in [0.15, 0.2) is 18.2 Å². The minimum absolute atomic E-state index is 0.316. The van der Waals surface area contributed by atoms with Gasteiger partial charge in [0.15, 0.2) is 0 Å². The Morgan fingerprint density at radius 3 is 2.47 bits per heavy atom. The maximum atomic E-state index is 11.2. The van der Waals surface area contributed by atoms with E-state index < -0.39 is 11.9 Å². The monoisotopic (exact) mass is 267 g/mol. The number of hydrogen-bond acceptors (Lipinski definition) is 5. The van der Waals surface area contributed by atoms with Gasteiger partial charge in [-0.15, -0.1) is 0 Å². The molecule has 0 fully saturated rings. The second-order valence-corrected chi connectivity index (χ2v) is 3.68. The smallest absolute Gasteiger partial charge is 0.396 e. The number of nitrogens with one attached hydrogen (secondary N) is 1. The zero-order valence-corrected chi connectivity index (χ0v) is 11.2. The van der Waals surface area contributed by atoms with Crippen molar-refractivity contribution in [2.45, 2.75) is 6.42 Å². The molecule has 1 aromatic carbocycles. The van der Waals surface area contributed by atoms with Crippen molar-refractivity contribution in [1.29, 1.82) is 0 Å². The molecule has 0 aliphatic carbocycles. The van der Waals surface area contributed by atoms with Gasteiger partial charge in [0, 0.05) is 12.6 Å². The molecule has 1 rings (SSSR count). The van der Waals surface area contributed by atoms with Gasteiger partial charge in [0.05, 0.1) is 21.3 Å². The van der Waals surface area contributed by atoms with Crippen LogP contribution in [-0.4, -0.2) is 39.8 Å². The molecule has 1 amide bonds. The van der Waals surface area contributed by atoms with Crippen molar-refractivity contribution in [3.05, 3.63) is 23.8 Å². The molecule has 0 atom stereocenters. The van der Waals surface area contributed by atoms with E-state index in [2.05, 4.69) is 10.1 Å². The highest BCUT2D eigenvalue weighted by Gasteiger charge is 2.13. The molecule has 0 aliphatic heterocycles. The van der Waals surface area contributed by atoms with Crippen LogP contribution in [0.3, 0.4) is 0 Å². The van der Waals surface area contributed by atoms with Gasteiger partial charge in [-0.05, 0) is 18.1 Å². The zero-order chi connectivity index (χ0) is 14.3. The average Bonchev–Trinajstić information content (AvgIpc) is 2.46. The highest BCUT2D eigenvalue weighted by Crippen LogP contribution is 2.24. The number of carbonyl (C=O) groups is 2. The molecule has 0 saturated carbocycles. The van der Waals surface area contributed by atoms with Crippen molar-refractivity contribution in [1.82, 2.24) is 5.32 Å². The standard InChI is InChI=1S/C13H17NO5/c1-17-10-5-4-9(11(8-10)18-2)6-7-14-12(15)13(16)19-3/h4-5,8H,6-7H2,1-3H3,(H,14,15). The molecule has 0 aliphatic rings. The Labute approximate surface area is 111 Å². The summed E-state index contributed by atoms with van der Waals surface area (Å²) in [6.45, 7) is 0.316. The average molecular weight is 267 g/mol. The van der Waals surface area contributed by atoms with Gasteiger partial charge in [0.2, 0.25) is 0 Å². The largest absolute Gasteiger partial charge is 0.497 e. The van der Waals surface area contributed by atoms with E-state index in [9.17, 15) is 9.59 Å². The fraction of sp³-hybridized carbons (Fsp3) is 0.385. The van der Waals surface area contributed by atoms with Crippen LogP contribution in [0.4, 0.5) is 0 Å². The van der Waals surface area contributed by atoms with E-state index >= 15 is 0 Å². The fourth-order valence-corrected chi connectivity index (χ4v) is 1.53. The topological polar surface area (TPSA) is 73.9 Å². The molecular weight excluding hydrogens is 250 g/mol. The Bertz CT molecular complexity index is 458. The fourth-order valence-electron chi connectivity index (χ4n) is 1.53. The minimum atomic E-state index is -0.901. The number of esters is 1. The molecule has 19 heavy (non-hydrogen) atoms. The lowest BCUT2D eigenvalue weighted by Crippen LogP contribution is -2.33. The molecule has 0 saturated heterocycles. The third kappa shape index (κ3) is 4.17. The first-order chi connectivity index (χ1) is 9.12. The summed E-state index contributed by atoms with van der Waals surface area (Å²) in [5.41, 5.74) is 0.911. The first-order valence-corrected chi connectivity index (χ1v) is 5.69. The molecule has 0 bridgehead atoms. The molecule has 6 nitrogen and oxygen atoms in total.